The van der Waals surface area contributed by atoms with Crippen LogP contribution in [0.2, 0.25) is 0 Å². The number of nitrogens with zero attached hydrogens (tertiary/aromatic N) is 2. The maximum absolute atomic E-state index is 14.2. The predicted octanol–water partition coefficient (Wildman–Crippen LogP) is 4.45. The van der Waals surface area contributed by atoms with Crippen molar-refractivity contribution in [1.82, 2.24) is 5.01 Å². The molecule has 3 rings (SSSR count). The fourth-order valence-corrected chi connectivity index (χ4v) is 3.85. The van der Waals surface area contributed by atoms with Crippen LogP contribution in [0.3, 0.4) is 0 Å². The van der Waals surface area contributed by atoms with E-state index in [0.29, 0.717) is 11.7 Å². The second kappa shape index (κ2) is 7.21. The highest BCUT2D eigenvalue weighted by Crippen LogP contribution is 2.42. The maximum Gasteiger partial charge on any atom is 0.133 e. The minimum atomic E-state index is -0.482. The van der Waals surface area contributed by atoms with Gasteiger partial charge >= 0.3 is 0 Å². The Morgan fingerprint density at radius 2 is 2.00 bits per heavy atom. The molecule has 3 nitrogen and oxygen atoms in total. The zero-order chi connectivity index (χ0) is 17.1. The molecule has 0 bridgehead atoms. The van der Waals surface area contributed by atoms with Crippen molar-refractivity contribution < 1.29 is 13.5 Å². The Hall–Kier alpha value is -2.08. The van der Waals surface area contributed by atoms with E-state index in [-0.39, 0.29) is 10.8 Å². The summed E-state index contributed by atoms with van der Waals surface area (Å²) in [5, 5.41) is 6.51. The second-order valence-corrected chi connectivity index (χ2v) is 6.85. The highest BCUT2D eigenvalue weighted by molar-refractivity contribution is 8.14. The van der Waals surface area contributed by atoms with Gasteiger partial charge in [-0.3, -0.25) is 0 Å². The normalized spacial score (nSPS) is 17.2. The van der Waals surface area contributed by atoms with Gasteiger partial charge in [-0.15, -0.1) is 0 Å². The molecular weight excluding hydrogens is 330 g/mol. The molecule has 0 radical (unpaired) electrons. The van der Waals surface area contributed by atoms with Crippen molar-refractivity contribution in [3.05, 3.63) is 65.2 Å². The summed E-state index contributed by atoms with van der Waals surface area (Å²) in [6.07, 6.45) is 0.783. The van der Waals surface area contributed by atoms with Gasteiger partial charge in [-0.1, -0.05) is 30.0 Å². The summed E-state index contributed by atoms with van der Waals surface area (Å²) < 4.78 is 33.5. The molecule has 0 saturated heterocycles. The minimum absolute atomic E-state index is 0.0799. The van der Waals surface area contributed by atoms with Gasteiger partial charge in [-0.2, -0.15) is 5.10 Å². The maximum atomic E-state index is 14.2. The quantitative estimate of drug-likeness (QED) is 0.466. The van der Waals surface area contributed by atoms with E-state index >= 15 is 0 Å². The number of ether oxygens (including phenoxy) is 1. The number of fused-ring (bicyclic) bond motifs is 1. The lowest BCUT2D eigenvalue weighted by Crippen LogP contribution is -2.16. The Balaban J connectivity index is 1.96. The van der Waals surface area contributed by atoms with Crippen molar-refractivity contribution in [3.63, 3.8) is 0 Å². The number of rotatable bonds is 3. The average molecular weight is 348 g/mol. The number of halogens is 2. The number of benzene rings is 2. The number of hydrazone groups is 1. The third-order valence-corrected chi connectivity index (χ3v) is 4.91. The Bertz CT molecular complexity index is 764. The molecule has 0 aliphatic carbocycles. The zero-order valence-corrected chi connectivity index (χ0v) is 14.3. The molecule has 0 N–H and O–H groups in total. The van der Waals surface area contributed by atoms with Crippen molar-refractivity contribution in [3.8, 4) is 5.75 Å². The van der Waals surface area contributed by atoms with Crippen LogP contribution in [-0.2, 0) is 0 Å². The second-order valence-electron chi connectivity index (χ2n) is 5.66. The number of para-hydroxylation sites is 1. The summed E-state index contributed by atoms with van der Waals surface area (Å²) in [5.41, 5.74) is 1.23. The molecule has 1 aliphatic rings. The molecule has 0 aromatic heterocycles. The molecule has 1 unspecified atom stereocenters. The van der Waals surface area contributed by atoms with E-state index in [1.807, 2.05) is 24.3 Å². The van der Waals surface area contributed by atoms with Crippen molar-refractivity contribution in [2.24, 2.45) is 5.10 Å². The van der Waals surface area contributed by atoms with Gasteiger partial charge in [0.15, 0.2) is 0 Å². The summed E-state index contributed by atoms with van der Waals surface area (Å²) in [6.45, 7) is 0.593. The summed E-state index contributed by atoms with van der Waals surface area (Å²) in [7, 11) is 3.52. The van der Waals surface area contributed by atoms with Crippen LogP contribution < -0.4 is 4.74 Å². The Morgan fingerprint density at radius 1 is 1.21 bits per heavy atom. The first-order chi connectivity index (χ1) is 11.5. The van der Waals surface area contributed by atoms with E-state index in [9.17, 15) is 8.78 Å². The SMILES string of the molecule is CN(C)/N=C(\SC1CCOc2ccccc21)c1cc(F)ccc1F. The monoisotopic (exact) mass is 348 g/mol. The Labute approximate surface area is 144 Å². The fraction of sp³-hybridized carbons (Fsp3) is 0.278. The molecule has 0 amide bonds. The Morgan fingerprint density at radius 3 is 2.79 bits per heavy atom. The summed E-state index contributed by atoms with van der Waals surface area (Å²) in [5.74, 6) is -0.124. The van der Waals surface area contributed by atoms with Crippen LogP contribution in [0.15, 0.2) is 47.6 Å². The van der Waals surface area contributed by atoms with Gasteiger partial charge in [0.05, 0.1) is 6.61 Å². The molecular formula is C18H18F2N2OS. The first kappa shape index (κ1) is 16.8. The van der Waals surface area contributed by atoms with Gasteiger partial charge in [0, 0.05) is 30.5 Å². The van der Waals surface area contributed by atoms with Gasteiger partial charge < -0.3 is 9.75 Å². The molecule has 0 fully saturated rings. The van der Waals surface area contributed by atoms with E-state index < -0.39 is 11.6 Å². The van der Waals surface area contributed by atoms with Gasteiger partial charge in [0.25, 0.3) is 0 Å². The molecule has 2 aromatic carbocycles. The van der Waals surface area contributed by atoms with Gasteiger partial charge in [0.1, 0.15) is 22.4 Å². The first-order valence-corrected chi connectivity index (χ1v) is 8.52. The van der Waals surface area contributed by atoms with Crippen LogP contribution in [0.25, 0.3) is 0 Å². The highest BCUT2D eigenvalue weighted by atomic mass is 32.2. The van der Waals surface area contributed by atoms with E-state index in [1.165, 1.54) is 17.8 Å². The average Bonchev–Trinajstić information content (AvgIpc) is 2.56. The van der Waals surface area contributed by atoms with Crippen molar-refractivity contribution in [1.29, 1.82) is 0 Å². The van der Waals surface area contributed by atoms with Crippen LogP contribution in [0.4, 0.5) is 8.78 Å². The van der Waals surface area contributed by atoms with Crippen molar-refractivity contribution >= 4 is 16.8 Å². The zero-order valence-electron chi connectivity index (χ0n) is 13.5. The third kappa shape index (κ3) is 3.70. The van der Waals surface area contributed by atoms with Gasteiger partial charge in [-0.05, 0) is 30.7 Å². The lowest BCUT2D eigenvalue weighted by molar-refractivity contribution is 0.286. The first-order valence-electron chi connectivity index (χ1n) is 7.64. The van der Waals surface area contributed by atoms with Crippen molar-refractivity contribution in [2.75, 3.05) is 20.7 Å². The standard InChI is InChI=1S/C18H18F2N2OS/c1-22(2)21-18(14-11-12(19)7-8-15(14)20)24-17-9-10-23-16-6-4-3-5-13(16)17/h3-8,11,17H,9-10H2,1-2H3/b21-18-. The van der Waals surface area contributed by atoms with E-state index in [4.69, 9.17) is 4.74 Å². The van der Waals surface area contributed by atoms with E-state index in [1.54, 1.807) is 19.1 Å². The highest BCUT2D eigenvalue weighted by Gasteiger charge is 2.25. The van der Waals surface area contributed by atoms with E-state index in [2.05, 4.69) is 5.10 Å². The summed E-state index contributed by atoms with van der Waals surface area (Å²) in [4.78, 5) is 0. The van der Waals surface area contributed by atoms with Crippen LogP contribution in [-0.4, -0.2) is 30.8 Å². The molecule has 6 heteroatoms. The van der Waals surface area contributed by atoms with Crippen molar-refractivity contribution in [2.45, 2.75) is 11.7 Å². The number of thioether (sulfide) groups is 1. The lowest BCUT2D eigenvalue weighted by Gasteiger charge is -2.26. The number of hydrogen-bond donors (Lipinski definition) is 0. The van der Waals surface area contributed by atoms with Gasteiger partial charge in [-0.25, -0.2) is 8.78 Å². The van der Waals surface area contributed by atoms with Gasteiger partial charge in [0.2, 0.25) is 0 Å². The summed E-state index contributed by atoms with van der Waals surface area (Å²) >= 11 is 1.43. The molecule has 1 aliphatic heterocycles. The van der Waals surface area contributed by atoms with Crippen LogP contribution in [0.1, 0.15) is 22.8 Å². The van der Waals surface area contributed by atoms with E-state index in [0.717, 1.165) is 29.9 Å². The largest absolute Gasteiger partial charge is 0.493 e. The van der Waals surface area contributed by atoms with Crippen LogP contribution >= 0.6 is 11.8 Å². The van der Waals surface area contributed by atoms with Crippen LogP contribution in [0.5, 0.6) is 5.75 Å². The molecule has 1 heterocycles. The fourth-order valence-electron chi connectivity index (χ4n) is 2.55. The molecule has 1 atom stereocenters. The molecule has 0 spiro atoms. The third-order valence-electron chi connectivity index (χ3n) is 3.61. The Kier molecular flexibility index (Phi) is 5.04. The van der Waals surface area contributed by atoms with Crippen LogP contribution in [0, 0.1) is 11.6 Å². The molecule has 24 heavy (non-hydrogen) atoms. The topological polar surface area (TPSA) is 24.8 Å². The smallest absolute Gasteiger partial charge is 0.133 e. The lowest BCUT2D eigenvalue weighted by atomic mass is 10.1. The molecule has 0 saturated carbocycles. The number of hydrogen-bond acceptors (Lipinski definition) is 4. The predicted molar refractivity (Wildman–Crippen MR) is 93.5 cm³/mol. The summed E-state index contributed by atoms with van der Waals surface area (Å²) in [6, 6.07) is 11.2. The molecule has 126 valence electrons. The molecule has 2 aromatic rings. The minimum Gasteiger partial charge on any atom is -0.493 e.